The molecule has 0 fully saturated rings. The standard InChI is InChI=1S/C19H15FN2O2/c20-12-6-4-11(5-7-12)18(23)21-13-8-9-15-14-2-1-3-16(14)19(24)22-17(15)10-13/h4-10,15H,1-3H2,(H,22,24). The van der Waals surface area contributed by atoms with Crippen LogP contribution in [-0.4, -0.2) is 17.5 Å². The molecule has 1 aromatic carbocycles. The lowest BCUT2D eigenvalue weighted by molar-refractivity contribution is -0.117. The molecular formula is C19H15FN2O2. The zero-order chi connectivity index (χ0) is 16.7. The lowest BCUT2D eigenvalue weighted by Gasteiger charge is -2.28. The highest BCUT2D eigenvalue weighted by Crippen LogP contribution is 2.39. The van der Waals surface area contributed by atoms with Crippen molar-refractivity contribution < 1.29 is 14.0 Å². The van der Waals surface area contributed by atoms with Crippen LogP contribution in [0, 0.1) is 11.7 Å². The minimum atomic E-state index is -0.437. The number of allylic oxidation sites excluding steroid dienone is 3. The molecule has 0 bridgehead atoms. The maximum atomic E-state index is 12.9. The van der Waals surface area contributed by atoms with Gasteiger partial charge in [0.1, 0.15) is 5.82 Å². The lowest BCUT2D eigenvalue weighted by atomic mass is 9.85. The Labute approximate surface area is 138 Å². The van der Waals surface area contributed by atoms with Gasteiger partial charge < -0.3 is 5.32 Å². The van der Waals surface area contributed by atoms with E-state index in [0.29, 0.717) is 11.3 Å². The molecule has 0 radical (unpaired) electrons. The summed E-state index contributed by atoms with van der Waals surface area (Å²) in [5, 5.41) is 2.91. The number of amides is 2. The molecule has 1 aliphatic heterocycles. The molecule has 4 rings (SSSR count). The molecule has 3 aliphatic rings. The molecular weight excluding hydrogens is 307 g/mol. The Morgan fingerprint density at radius 3 is 2.79 bits per heavy atom. The molecule has 24 heavy (non-hydrogen) atoms. The zero-order valence-electron chi connectivity index (χ0n) is 12.9. The summed E-state index contributed by atoms with van der Waals surface area (Å²) in [6, 6.07) is 5.27. The van der Waals surface area contributed by atoms with Crippen molar-refractivity contribution in [3.8, 4) is 0 Å². The number of aliphatic imine (C=N–C) groups is 1. The van der Waals surface area contributed by atoms with Gasteiger partial charge >= 0.3 is 0 Å². The number of carbonyl (C=O) groups excluding carboxylic acids is 2. The van der Waals surface area contributed by atoms with Crippen LogP contribution < -0.4 is 5.32 Å². The van der Waals surface area contributed by atoms with Crippen LogP contribution in [0.2, 0.25) is 0 Å². The van der Waals surface area contributed by atoms with Gasteiger partial charge in [-0.3, -0.25) is 9.59 Å². The summed E-state index contributed by atoms with van der Waals surface area (Å²) in [6.45, 7) is 0. The van der Waals surface area contributed by atoms with Crippen molar-refractivity contribution in [2.24, 2.45) is 10.9 Å². The van der Waals surface area contributed by atoms with Gasteiger partial charge in [-0.15, -0.1) is 0 Å². The molecule has 0 saturated heterocycles. The highest BCUT2D eigenvalue weighted by molar-refractivity contribution is 6.14. The minimum Gasteiger partial charge on any atom is -0.325 e. The predicted octanol–water partition coefficient (Wildman–Crippen LogP) is 3.09. The van der Waals surface area contributed by atoms with Gasteiger partial charge in [0.05, 0.1) is 5.71 Å². The highest BCUT2D eigenvalue weighted by atomic mass is 19.1. The second kappa shape index (κ2) is 5.67. The first kappa shape index (κ1) is 14.8. The Bertz CT molecular complexity index is 860. The number of hydrogen-bond acceptors (Lipinski definition) is 2. The molecule has 120 valence electrons. The van der Waals surface area contributed by atoms with Crippen molar-refractivity contribution in [3.05, 3.63) is 70.7 Å². The normalized spacial score (nSPS) is 23.7. The molecule has 1 aromatic rings. The molecule has 0 spiro atoms. The van der Waals surface area contributed by atoms with E-state index in [2.05, 4.69) is 10.3 Å². The van der Waals surface area contributed by atoms with Crippen molar-refractivity contribution in [1.29, 1.82) is 0 Å². The third-order valence-corrected chi connectivity index (χ3v) is 4.59. The first-order valence-electron chi connectivity index (χ1n) is 7.93. The average Bonchev–Trinajstić information content (AvgIpc) is 3.06. The molecule has 2 aliphatic carbocycles. The van der Waals surface area contributed by atoms with E-state index < -0.39 is 11.7 Å². The average molecular weight is 322 g/mol. The van der Waals surface area contributed by atoms with Crippen molar-refractivity contribution in [2.75, 3.05) is 0 Å². The van der Waals surface area contributed by atoms with E-state index in [1.54, 1.807) is 12.2 Å². The van der Waals surface area contributed by atoms with Gasteiger partial charge in [0, 0.05) is 22.8 Å². The van der Waals surface area contributed by atoms with Crippen LogP contribution in [0.3, 0.4) is 0 Å². The van der Waals surface area contributed by atoms with E-state index in [-0.39, 0.29) is 11.8 Å². The molecule has 1 N–H and O–H groups in total. The fourth-order valence-electron chi connectivity index (χ4n) is 3.43. The summed E-state index contributed by atoms with van der Waals surface area (Å²) >= 11 is 0. The van der Waals surface area contributed by atoms with Gasteiger partial charge in [-0.25, -0.2) is 9.38 Å². The van der Waals surface area contributed by atoms with Gasteiger partial charge in [-0.05, 0) is 61.3 Å². The van der Waals surface area contributed by atoms with E-state index in [1.807, 2.05) is 6.08 Å². The van der Waals surface area contributed by atoms with Crippen molar-refractivity contribution in [2.45, 2.75) is 19.3 Å². The molecule has 4 nitrogen and oxygen atoms in total. The summed E-state index contributed by atoms with van der Waals surface area (Å²) in [4.78, 5) is 28.4. The van der Waals surface area contributed by atoms with Crippen LogP contribution in [0.4, 0.5) is 4.39 Å². The third-order valence-electron chi connectivity index (χ3n) is 4.59. The second-order valence-electron chi connectivity index (χ2n) is 6.10. The van der Waals surface area contributed by atoms with Gasteiger partial charge in [-0.2, -0.15) is 0 Å². The van der Waals surface area contributed by atoms with Crippen LogP contribution in [0.5, 0.6) is 0 Å². The molecule has 2 amide bonds. The van der Waals surface area contributed by atoms with Crippen LogP contribution >= 0.6 is 0 Å². The number of rotatable bonds is 1. The fraction of sp³-hybridized carbons (Fsp3) is 0.211. The van der Waals surface area contributed by atoms with Gasteiger partial charge in [0.15, 0.2) is 0 Å². The minimum absolute atomic E-state index is 0.0375. The number of carbonyl (C=O) groups is 2. The van der Waals surface area contributed by atoms with Gasteiger partial charge in [-0.1, -0.05) is 6.08 Å². The van der Waals surface area contributed by atoms with Crippen molar-refractivity contribution in [3.63, 3.8) is 0 Å². The summed E-state index contributed by atoms with van der Waals surface area (Å²) in [5.41, 5.74) is 3.67. The zero-order valence-corrected chi connectivity index (χ0v) is 12.9. The topological polar surface area (TPSA) is 58.5 Å². The summed E-state index contributed by atoms with van der Waals surface area (Å²) in [5.74, 6) is -0.787. The molecule has 5 heteroatoms. The molecule has 1 atom stereocenters. The van der Waals surface area contributed by atoms with Gasteiger partial charge in [0.25, 0.3) is 11.8 Å². The first-order chi connectivity index (χ1) is 11.6. The smallest absolute Gasteiger partial charge is 0.277 e. The quantitative estimate of drug-likeness (QED) is 0.864. The lowest BCUT2D eigenvalue weighted by Crippen LogP contribution is -2.35. The first-order valence-corrected chi connectivity index (χ1v) is 7.93. The van der Waals surface area contributed by atoms with Crippen LogP contribution in [0.15, 0.2) is 64.3 Å². The number of nitrogens with zero attached hydrogens (tertiary/aromatic N) is 1. The largest absolute Gasteiger partial charge is 0.325 e. The third kappa shape index (κ3) is 2.52. The van der Waals surface area contributed by atoms with Crippen LogP contribution in [-0.2, 0) is 4.79 Å². The monoisotopic (exact) mass is 322 g/mol. The van der Waals surface area contributed by atoms with Gasteiger partial charge in [0.2, 0.25) is 0 Å². The molecule has 1 heterocycles. The van der Waals surface area contributed by atoms with Crippen LogP contribution in [0.1, 0.15) is 29.6 Å². The number of halogens is 1. The van der Waals surface area contributed by atoms with Crippen molar-refractivity contribution in [1.82, 2.24) is 5.32 Å². The van der Waals surface area contributed by atoms with E-state index in [9.17, 15) is 14.0 Å². The number of fused-ring (bicyclic) bond motifs is 2. The van der Waals surface area contributed by atoms with Crippen molar-refractivity contribution >= 4 is 17.5 Å². The maximum Gasteiger partial charge on any atom is 0.277 e. The second-order valence-corrected chi connectivity index (χ2v) is 6.10. The number of nitrogens with one attached hydrogen (secondary N) is 1. The highest BCUT2D eigenvalue weighted by Gasteiger charge is 2.34. The Kier molecular flexibility index (Phi) is 3.49. The summed E-state index contributed by atoms with van der Waals surface area (Å²) in [6.07, 6.45) is 8.31. The van der Waals surface area contributed by atoms with E-state index in [1.165, 1.54) is 29.8 Å². The van der Waals surface area contributed by atoms with Crippen LogP contribution in [0.25, 0.3) is 0 Å². The van der Waals surface area contributed by atoms with E-state index >= 15 is 0 Å². The predicted molar refractivity (Wildman–Crippen MR) is 87.9 cm³/mol. The molecule has 0 saturated carbocycles. The SMILES string of the molecule is O=C1NC2=CC(=NC(=O)c3ccc(F)cc3)C=CC2C2=C1CCC2. The molecule has 1 unspecified atom stereocenters. The number of hydrogen-bond donors (Lipinski definition) is 1. The molecule has 0 aromatic heterocycles. The Morgan fingerprint density at radius 2 is 2.00 bits per heavy atom. The maximum absolute atomic E-state index is 12.9. The van der Waals surface area contributed by atoms with E-state index in [0.717, 1.165) is 30.5 Å². The Morgan fingerprint density at radius 1 is 1.21 bits per heavy atom. The Balaban J connectivity index is 1.61. The van der Waals surface area contributed by atoms with E-state index in [4.69, 9.17) is 0 Å². The Hall–Kier alpha value is -2.82. The summed E-state index contributed by atoms with van der Waals surface area (Å²) < 4.78 is 12.9. The summed E-state index contributed by atoms with van der Waals surface area (Å²) in [7, 11) is 0. The number of benzene rings is 1. The fourth-order valence-corrected chi connectivity index (χ4v) is 3.43.